The van der Waals surface area contributed by atoms with Crippen LogP contribution in [0.1, 0.15) is 57.0 Å². The van der Waals surface area contributed by atoms with Crippen molar-refractivity contribution in [1.82, 2.24) is 24.9 Å². The maximum atomic E-state index is 12.7. The maximum Gasteiger partial charge on any atom is 0.242 e. The Bertz CT molecular complexity index is 719. The molecular weight excluding hydrogens is 316 g/mol. The van der Waals surface area contributed by atoms with Gasteiger partial charge in [0.1, 0.15) is 5.82 Å². The number of anilines is 1. The molecular formula is C18H28N6O. The minimum absolute atomic E-state index is 0.0151. The van der Waals surface area contributed by atoms with Gasteiger partial charge in [0, 0.05) is 30.3 Å². The normalized spacial score (nSPS) is 20.0. The number of amides is 1. The molecule has 0 saturated carbocycles. The van der Waals surface area contributed by atoms with E-state index in [0.29, 0.717) is 5.92 Å². The van der Waals surface area contributed by atoms with Crippen molar-refractivity contribution in [3.05, 3.63) is 29.7 Å². The minimum Gasteiger partial charge on any atom is -0.310 e. The van der Waals surface area contributed by atoms with Gasteiger partial charge >= 0.3 is 0 Å². The largest absolute Gasteiger partial charge is 0.310 e. The second-order valence-electron chi connectivity index (χ2n) is 7.23. The predicted octanol–water partition coefficient (Wildman–Crippen LogP) is 2.70. The molecule has 1 aliphatic rings. The molecule has 2 atom stereocenters. The highest BCUT2D eigenvalue weighted by atomic mass is 16.2. The zero-order valence-corrected chi connectivity index (χ0v) is 15.5. The van der Waals surface area contributed by atoms with Gasteiger partial charge < -0.3 is 5.32 Å². The first-order chi connectivity index (χ1) is 12.0. The molecule has 0 radical (unpaired) electrons. The molecule has 0 spiro atoms. The average molecular weight is 344 g/mol. The summed E-state index contributed by atoms with van der Waals surface area (Å²) in [6.07, 6.45) is 3.92. The summed E-state index contributed by atoms with van der Waals surface area (Å²) >= 11 is 0. The van der Waals surface area contributed by atoms with Crippen LogP contribution in [-0.2, 0) is 4.79 Å². The van der Waals surface area contributed by atoms with Gasteiger partial charge in [-0.3, -0.25) is 14.8 Å². The lowest BCUT2D eigenvalue weighted by molar-refractivity contribution is -0.121. The fourth-order valence-electron chi connectivity index (χ4n) is 3.47. The Kier molecular flexibility index (Phi) is 5.22. The lowest BCUT2D eigenvalue weighted by atomic mass is 9.93. The van der Waals surface area contributed by atoms with Gasteiger partial charge in [0.15, 0.2) is 0 Å². The zero-order chi connectivity index (χ0) is 18.0. The van der Waals surface area contributed by atoms with E-state index in [-0.39, 0.29) is 18.0 Å². The Morgan fingerprint density at radius 2 is 2.20 bits per heavy atom. The number of aryl methyl sites for hydroxylation is 1. The molecule has 7 nitrogen and oxygen atoms in total. The number of hydrogen-bond acceptors (Lipinski definition) is 4. The molecule has 1 amide bonds. The minimum atomic E-state index is -0.182. The van der Waals surface area contributed by atoms with Crippen LogP contribution in [0, 0.1) is 6.92 Å². The van der Waals surface area contributed by atoms with Crippen LogP contribution in [-0.4, -0.2) is 49.9 Å². The van der Waals surface area contributed by atoms with E-state index in [4.69, 9.17) is 0 Å². The molecule has 0 aromatic carbocycles. The summed E-state index contributed by atoms with van der Waals surface area (Å²) in [6.45, 7) is 9.90. The number of likely N-dealkylation sites (tertiary alicyclic amines) is 1. The van der Waals surface area contributed by atoms with Gasteiger partial charge in [0.05, 0.1) is 17.9 Å². The standard InChI is InChI=1S/C18H28N6O/c1-12(2)24-17(7-8-19-24)20-18(25)14(4)23-9-5-6-15(11-23)16-10-13(3)21-22-16/h7-8,10,12,14-15H,5-6,9,11H2,1-4H3,(H,20,25)(H,21,22)/t14-,15+/m0/s1. The van der Waals surface area contributed by atoms with E-state index < -0.39 is 0 Å². The average Bonchev–Trinajstić information content (AvgIpc) is 3.23. The van der Waals surface area contributed by atoms with E-state index in [9.17, 15) is 4.79 Å². The van der Waals surface area contributed by atoms with Crippen LogP contribution in [0.15, 0.2) is 18.3 Å². The molecule has 1 aliphatic heterocycles. The van der Waals surface area contributed by atoms with Gasteiger partial charge in [-0.15, -0.1) is 0 Å². The van der Waals surface area contributed by atoms with Crippen LogP contribution in [0.5, 0.6) is 0 Å². The van der Waals surface area contributed by atoms with Gasteiger partial charge in [-0.1, -0.05) is 0 Å². The Balaban J connectivity index is 1.64. The highest BCUT2D eigenvalue weighted by molar-refractivity contribution is 5.93. The number of carbonyl (C=O) groups excluding carboxylic acids is 1. The second-order valence-corrected chi connectivity index (χ2v) is 7.23. The van der Waals surface area contributed by atoms with Crippen LogP contribution >= 0.6 is 0 Å². The van der Waals surface area contributed by atoms with Gasteiger partial charge in [0.2, 0.25) is 5.91 Å². The Morgan fingerprint density at radius 1 is 1.40 bits per heavy atom. The molecule has 1 saturated heterocycles. The highest BCUT2D eigenvalue weighted by Crippen LogP contribution is 2.27. The van der Waals surface area contributed by atoms with Gasteiger partial charge in [-0.2, -0.15) is 10.2 Å². The maximum absolute atomic E-state index is 12.7. The predicted molar refractivity (Wildman–Crippen MR) is 97.6 cm³/mol. The topological polar surface area (TPSA) is 78.8 Å². The van der Waals surface area contributed by atoms with Crippen molar-refractivity contribution >= 4 is 11.7 Å². The SMILES string of the molecule is Cc1cc([C@@H]2CCCN([C@@H](C)C(=O)Nc3ccnn3C(C)C)C2)n[nH]1. The monoisotopic (exact) mass is 344 g/mol. The molecule has 2 N–H and O–H groups in total. The van der Waals surface area contributed by atoms with E-state index in [1.807, 2.05) is 38.4 Å². The summed E-state index contributed by atoms with van der Waals surface area (Å²) < 4.78 is 1.83. The molecule has 0 bridgehead atoms. The number of carbonyl (C=O) groups is 1. The van der Waals surface area contributed by atoms with E-state index in [2.05, 4.69) is 31.6 Å². The lowest BCUT2D eigenvalue weighted by Gasteiger charge is -2.35. The summed E-state index contributed by atoms with van der Waals surface area (Å²) in [6, 6.07) is 3.98. The van der Waals surface area contributed by atoms with Crippen molar-refractivity contribution in [2.45, 2.75) is 58.5 Å². The molecule has 25 heavy (non-hydrogen) atoms. The molecule has 3 rings (SSSR count). The van der Waals surface area contributed by atoms with Crippen molar-refractivity contribution in [2.75, 3.05) is 18.4 Å². The fraction of sp³-hybridized carbons (Fsp3) is 0.611. The third-order valence-corrected chi connectivity index (χ3v) is 4.93. The first-order valence-electron chi connectivity index (χ1n) is 9.06. The summed E-state index contributed by atoms with van der Waals surface area (Å²) in [5.41, 5.74) is 2.19. The van der Waals surface area contributed by atoms with Gasteiger partial charge in [-0.25, -0.2) is 4.68 Å². The molecule has 1 fully saturated rings. The van der Waals surface area contributed by atoms with Crippen molar-refractivity contribution in [2.24, 2.45) is 0 Å². The van der Waals surface area contributed by atoms with Crippen LogP contribution in [0.3, 0.4) is 0 Å². The fourth-order valence-corrected chi connectivity index (χ4v) is 3.47. The van der Waals surface area contributed by atoms with E-state index >= 15 is 0 Å². The second kappa shape index (κ2) is 7.39. The first-order valence-corrected chi connectivity index (χ1v) is 9.06. The molecule has 2 aromatic heterocycles. The number of aromatic nitrogens is 4. The van der Waals surface area contributed by atoms with Gasteiger partial charge in [-0.05, 0) is 53.1 Å². The number of aromatic amines is 1. The molecule has 3 heterocycles. The number of H-pyrrole nitrogens is 1. The smallest absolute Gasteiger partial charge is 0.242 e. The Morgan fingerprint density at radius 3 is 2.88 bits per heavy atom. The van der Waals surface area contributed by atoms with Crippen LogP contribution in [0.25, 0.3) is 0 Å². The van der Waals surface area contributed by atoms with E-state index in [1.54, 1.807) is 6.20 Å². The molecule has 0 unspecified atom stereocenters. The van der Waals surface area contributed by atoms with Crippen LogP contribution in [0.2, 0.25) is 0 Å². The first kappa shape index (κ1) is 17.7. The molecule has 7 heteroatoms. The van der Waals surface area contributed by atoms with Crippen molar-refractivity contribution in [3.8, 4) is 0 Å². The van der Waals surface area contributed by atoms with Crippen molar-refractivity contribution < 1.29 is 4.79 Å². The number of hydrogen-bond donors (Lipinski definition) is 2. The van der Waals surface area contributed by atoms with Crippen LogP contribution in [0.4, 0.5) is 5.82 Å². The number of piperidine rings is 1. The Labute approximate surface area is 148 Å². The molecule has 136 valence electrons. The summed E-state index contributed by atoms with van der Waals surface area (Å²) in [5, 5.41) is 14.7. The molecule has 0 aliphatic carbocycles. The Hall–Kier alpha value is -2.15. The third-order valence-electron chi connectivity index (χ3n) is 4.93. The van der Waals surface area contributed by atoms with Crippen molar-refractivity contribution in [1.29, 1.82) is 0 Å². The summed E-state index contributed by atoms with van der Waals surface area (Å²) in [5.74, 6) is 1.15. The summed E-state index contributed by atoms with van der Waals surface area (Å²) in [4.78, 5) is 15.0. The third kappa shape index (κ3) is 3.92. The van der Waals surface area contributed by atoms with Gasteiger partial charge in [0.25, 0.3) is 0 Å². The summed E-state index contributed by atoms with van der Waals surface area (Å²) in [7, 11) is 0. The van der Waals surface area contributed by atoms with Crippen LogP contribution < -0.4 is 5.32 Å². The van der Waals surface area contributed by atoms with E-state index in [0.717, 1.165) is 43.1 Å². The quantitative estimate of drug-likeness (QED) is 0.874. The number of nitrogens with zero attached hydrogens (tertiary/aromatic N) is 4. The van der Waals surface area contributed by atoms with E-state index in [1.165, 1.54) is 0 Å². The number of nitrogens with one attached hydrogen (secondary N) is 2. The molecule has 2 aromatic rings. The zero-order valence-electron chi connectivity index (χ0n) is 15.5. The number of rotatable bonds is 5. The highest BCUT2D eigenvalue weighted by Gasteiger charge is 2.29. The van der Waals surface area contributed by atoms with Crippen molar-refractivity contribution in [3.63, 3.8) is 0 Å². The lowest BCUT2D eigenvalue weighted by Crippen LogP contribution is -2.46.